The van der Waals surface area contributed by atoms with Gasteiger partial charge in [0.05, 0.1) is 10.0 Å². The Kier molecular flexibility index (Phi) is 5.98. The van der Waals surface area contributed by atoms with Crippen LogP contribution in [0.25, 0.3) is 0 Å². The van der Waals surface area contributed by atoms with Crippen LogP contribution in [0.4, 0.5) is 0 Å². The largest absolute Gasteiger partial charge is 0.508 e. The minimum absolute atomic E-state index is 0.0283. The maximum Gasteiger partial charge on any atom is 0.283 e. The van der Waals surface area contributed by atoms with Crippen molar-refractivity contribution in [3.05, 3.63) is 91.4 Å². The Morgan fingerprint density at radius 2 is 1.48 bits per heavy atom. The van der Waals surface area contributed by atoms with Crippen LogP contribution in [0.1, 0.15) is 16.7 Å². The second-order valence-electron chi connectivity index (χ2n) is 6.09. The summed E-state index contributed by atoms with van der Waals surface area (Å²) in [4.78, 5) is 0. The Bertz CT molecular complexity index is 1210. The van der Waals surface area contributed by atoms with Crippen molar-refractivity contribution < 1.29 is 23.2 Å². The highest BCUT2D eigenvalue weighted by Crippen LogP contribution is 2.53. The molecule has 0 amide bonds. The Morgan fingerprint density at radius 3 is 2.07 bits per heavy atom. The first kappa shape index (κ1) is 22.0. The molecule has 0 aliphatic carbocycles. The summed E-state index contributed by atoms with van der Waals surface area (Å²) in [5, 5.41) is 20.0. The molecule has 0 saturated heterocycles. The van der Waals surface area contributed by atoms with E-state index >= 15 is 0 Å². The number of aromatic hydroxyl groups is 2. The summed E-state index contributed by atoms with van der Waals surface area (Å²) in [5.41, 5.74) is -0.648. The Balaban J connectivity index is 2.65. The lowest BCUT2D eigenvalue weighted by Crippen LogP contribution is -2.39. The van der Waals surface area contributed by atoms with Gasteiger partial charge in [0.25, 0.3) is 10.1 Å². The number of hydrogen-bond acceptors (Lipinski definition) is 4. The standard InChI is InChI=1S/C19H12Cl4O5S/c20-11-3-1-2-10(8-11)19(29(26,27)28,13-5-4-12(24)9-16(13)25)17-14(21)6-7-15(22)18(17)23/h1-9,24-25H,(H,26,27,28). The lowest BCUT2D eigenvalue weighted by Gasteiger charge is -2.34. The van der Waals surface area contributed by atoms with Gasteiger partial charge in [-0.3, -0.25) is 4.55 Å². The van der Waals surface area contributed by atoms with Crippen LogP contribution in [-0.2, 0) is 14.9 Å². The fourth-order valence-electron chi connectivity index (χ4n) is 3.23. The minimum atomic E-state index is -5.13. The molecule has 5 nitrogen and oxygen atoms in total. The summed E-state index contributed by atoms with van der Waals surface area (Å²) in [6, 6.07) is 11.5. The van der Waals surface area contributed by atoms with Crippen molar-refractivity contribution in [2.45, 2.75) is 4.75 Å². The normalized spacial score (nSPS) is 13.8. The van der Waals surface area contributed by atoms with Crippen LogP contribution >= 0.6 is 46.4 Å². The second-order valence-corrected chi connectivity index (χ2v) is 9.28. The number of phenols is 2. The van der Waals surface area contributed by atoms with Crippen molar-refractivity contribution in [1.82, 2.24) is 0 Å². The lowest BCUT2D eigenvalue weighted by molar-refractivity contribution is 0.431. The van der Waals surface area contributed by atoms with Gasteiger partial charge in [-0.1, -0.05) is 58.5 Å². The lowest BCUT2D eigenvalue weighted by atomic mass is 9.83. The molecular weight excluding hydrogens is 482 g/mol. The van der Waals surface area contributed by atoms with E-state index in [0.717, 1.165) is 18.2 Å². The zero-order chi connectivity index (χ0) is 21.6. The zero-order valence-corrected chi connectivity index (χ0v) is 18.1. The van der Waals surface area contributed by atoms with Crippen LogP contribution in [0.3, 0.4) is 0 Å². The number of rotatable bonds is 4. The van der Waals surface area contributed by atoms with Crippen LogP contribution in [-0.4, -0.2) is 23.2 Å². The van der Waals surface area contributed by atoms with Gasteiger partial charge in [0.15, 0.2) is 4.75 Å². The van der Waals surface area contributed by atoms with E-state index in [0.29, 0.717) is 0 Å². The third-order valence-corrected chi connectivity index (χ3v) is 7.16. The summed E-state index contributed by atoms with van der Waals surface area (Å²) in [6.07, 6.45) is 0. The molecule has 0 bridgehead atoms. The fraction of sp³-hybridized carbons (Fsp3) is 0.0526. The van der Waals surface area contributed by atoms with Crippen LogP contribution in [0.5, 0.6) is 11.5 Å². The Labute approximate surface area is 186 Å². The van der Waals surface area contributed by atoms with Gasteiger partial charge >= 0.3 is 0 Å². The predicted molar refractivity (Wildman–Crippen MR) is 114 cm³/mol. The van der Waals surface area contributed by atoms with E-state index < -0.39 is 20.6 Å². The van der Waals surface area contributed by atoms with Gasteiger partial charge in [-0.2, -0.15) is 8.42 Å². The second kappa shape index (κ2) is 7.87. The monoisotopic (exact) mass is 492 g/mol. The topological polar surface area (TPSA) is 94.8 Å². The number of phenolic OH excluding ortho intramolecular Hbond substituents is 2. The SMILES string of the molecule is O=S(=O)(O)C(c1cccc(Cl)c1)(c1ccc(O)cc1O)c1c(Cl)ccc(Cl)c1Cl. The highest BCUT2D eigenvalue weighted by molar-refractivity contribution is 7.87. The summed E-state index contributed by atoms with van der Waals surface area (Å²) in [6.45, 7) is 0. The van der Waals surface area contributed by atoms with Gasteiger partial charge in [0.2, 0.25) is 0 Å². The Hall–Kier alpha value is -1.67. The molecule has 0 saturated carbocycles. The minimum Gasteiger partial charge on any atom is -0.508 e. The molecule has 3 rings (SSSR count). The van der Waals surface area contributed by atoms with Gasteiger partial charge in [-0.05, 0) is 42.0 Å². The molecule has 1 unspecified atom stereocenters. The number of halogens is 4. The molecule has 0 heterocycles. The van der Waals surface area contributed by atoms with E-state index in [1.807, 2.05) is 0 Å². The van der Waals surface area contributed by atoms with Crippen LogP contribution in [0.15, 0.2) is 54.6 Å². The van der Waals surface area contributed by atoms with Crippen molar-refractivity contribution in [2.75, 3.05) is 0 Å². The number of hydrogen-bond donors (Lipinski definition) is 3. The molecule has 152 valence electrons. The van der Waals surface area contributed by atoms with E-state index in [4.69, 9.17) is 46.4 Å². The first-order chi connectivity index (χ1) is 13.5. The summed E-state index contributed by atoms with van der Waals surface area (Å²) in [7, 11) is -5.13. The summed E-state index contributed by atoms with van der Waals surface area (Å²) in [5.74, 6) is -0.959. The van der Waals surface area contributed by atoms with Gasteiger partial charge in [0, 0.05) is 27.2 Å². The van der Waals surface area contributed by atoms with E-state index in [9.17, 15) is 23.2 Å². The first-order valence-electron chi connectivity index (χ1n) is 7.89. The van der Waals surface area contributed by atoms with Gasteiger partial charge < -0.3 is 10.2 Å². The molecule has 29 heavy (non-hydrogen) atoms. The molecule has 0 spiro atoms. The highest BCUT2D eigenvalue weighted by atomic mass is 35.5. The fourth-order valence-corrected chi connectivity index (χ4v) is 5.69. The van der Waals surface area contributed by atoms with E-state index in [-0.39, 0.29) is 42.5 Å². The summed E-state index contributed by atoms with van der Waals surface area (Å²) < 4.78 is 34.0. The third-order valence-electron chi connectivity index (χ3n) is 4.37. The quantitative estimate of drug-likeness (QED) is 0.239. The van der Waals surface area contributed by atoms with Crippen molar-refractivity contribution in [3.8, 4) is 11.5 Å². The van der Waals surface area contributed by atoms with Gasteiger partial charge in [-0.25, -0.2) is 0 Å². The van der Waals surface area contributed by atoms with E-state index in [2.05, 4.69) is 0 Å². The van der Waals surface area contributed by atoms with Crippen LogP contribution in [0.2, 0.25) is 20.1 Å². The van der Waals surface area contributed by atoms with E-state index in [1.54, 1.807) is 0 Å². The van der Waals surface area contributed by atoms with Crippen molar-refractivity contribution >= 4 is 56.5 Å². The summed E-state index contributed by atoms with van der Waals surface area (Å²) >= 11 is 24.9. The van der Waals surface area contributed by atoms with Crippen LogP contribution in [0, 0.1) is 0 Å². The average molecular weight is 494 g/mol. The highest BCUT2D eigenvalue weighted by Gasteiger charge is 2.52. The van der Waals surface area contributed by atoms with E-state index in [1.165, 1.54) is 36.4 Å². The molecule has 0 aliphatic heterocycles. The molecule has 0 aromatic heterocycles. The molecular formula is C19H12Cl4O5S. The molecule has 10 heteroatoms. The predicted octanol–water partition coefficient (Wildman–Crippen LogP) is 5.89. The number of benzene rings is 3. The Morgan fingerprint density at radius 1 is 0.828 bits per heavy atom. The third kappa shape index (κ3) is 3.65. The zero-order valence-electron chi connectivity index (χ0n) is 14.3. The molecule has 0 radical (unpaired) electrons. The smallest absolute Gasteiger partial charge is 0.283 e. The molecule has 1 atom stereocenters. The van der Waals surface area contributed by atoms with Crippen LogP contribution < -0.4 is 0 Å². The maximum atomic E-state index is 13.0. The van der Waals surface area contributed by atoms with Crippen molar-refractivity contribution in [3.63, 3.8) is 0 Å². The molecule has 3 aromatic rings. The maximum absolute atomic E-state index is 13.0. The van der Waals surface area contributed by atoms with Crippen molar-refractivity contribution in [1.29, 1.82) is 0 Å². The van der Waals surface area contributed by atoms with Gasteiger partial charge in [0.1, 0.15) is 11.5 Å². The van der Waals surface area contributed by atoms with Gasteiger partial charge in [-0.15, -0.1) is 0 Å². The average Bonchev–Trinajstić information content (AvgIpc) is 2.62. The molecule has 0 fully saturated rings. The molecule has 0 aliphatic rings. The molecule has 3 aromatic carbocycles. The van der Waals surface area contributed by atoms with Crippen molar-refractivity contribution in [2.24, 2.45) is 0 Å². The molecule has 3 N–H and O–H groups in total. The first-order valence-corrected chi connectivity index (χ1v) is 10.8.